The summed E-state index contributed by atoms with van der Waals surface area (Å²) in [5, 5.41) is 15.3. The van der Waals surface area contributed by atoms with Crippen LogP contribution in [0.15, 0.2) is 53.6 Å². The number of hydrogen-bond acceptors (Lipinski definition) is 5. The van der Waals surface area contributed by atoms with Crippen LogP contribution in [0.4, 0.5) is 10.1 Å². The summed E-state index contributed by atoms with van der Waals surface area (Å²) < 4.78 is 18.2. The van der Waals surface area contributed by atoms with Gasteiger partial charge in [0.05, 0.1) is 6.21 Å². The summed E-state index contributed by atoms with van der Waals surface area (Å²) in [5.41, 5.74) is 3.36. The fourth-order valence-corrected chi connectivity index (χ4v) is 1.79. The van der Waals surface area contributed by atoms with Crippen LogP contribution in [0.25, 0.3) is 0 Å². The van der Waals surface area contributed by atoms with E-state index in [9.17, 15) is 14.0 Å². The fraction of sp³-hybridized carbons (Fsp3) is 0.167. The van der Waals surface area contributed by atoms with E-state index in [4.69, 9.17) is 9.84 Å². The van der Waals surface area contributed by atoms with Gasteiger partial charge in [0.15, 0.2) is 6.61 Å². The van der Waals surface area contributed by atoms with Crippen molar-refractivity contribution in [3.05, 3.63) is 59.9 Å². The Hall–Kier alpha value is -3.26. The number of halogens is 1. The molecule has 2 amide bonds. The van der Waals surface area contributed by atoms with Crippen LogP contribution in [0.2, 0.25) is 0 Å². The maximum Gasteiger partial charge on any atom is 0.268 e. The minimum absolute atomic E-state index is 0.199. The Balaban J connectivity index is 1.79. The lowest BCUT2D eigenvalue weighted by Gasteiger charge is -2.07. The lowest BCUT2D eigenvalue weighted by Crippen LogP contribution is -2.28. The molecule has 2 rings (SSSR count). The van der Waals surface area contributed by atoms with Gasteiger partial charge in [0.25, 0.3) is 11.8 Å². The van der Waals surface area contributed by atoms with Gasteiger partial charge in [-0.25, -0.2) is 9.82 Å². The molecule has 0 bridgehead atoms. The molecule has 2 aromatic carbocycles. The number of rotatable bonds is 7. The third-order valence-corrected chi connectivity index (χ3v) is 3.15. The highest BCUT2D eigenvalue weighted by atomic mass is 19.1. The summed E-state index contributed by atoms with van der Waals surface area (Å²) in [7, 11) is 0. The third-order valence-electron chi connectivity index (χ3n) is 3.15. The Kier molecular flexibility index (Phi) is 6.81. The van der Waals surface area contributed by atoms with E-state index < -0.39 is 12.0 Å². The average molecular weight is 359 g/mol. The highest BCUT2D eigenvalue weighted by Gasteiger charge is 2.06. The molecule has 0 aromatic heterocycles. The predicted octanol–water partition coefficient (Wildman–Crippen LogP) is 1.67. The second-order valence-corrected chi connectivity index (χ2v) is 5.32. The van der Waals surface area contributed by atoms with Crippen molar-refractivity contribution >= 4 is 23.7 Å². The molecular weight excluding hydrogens is 341 g/mol. The van der Waals surface area contributed by atoms with Gasteiger partial charge in [-0.3, -0.25) is 9.59 Å². The molecule has 0 aliphatic heterocycles. The first-order chi connectivity index (χ1) is 12.4. The van der Waals surface area contributed by atoms with Crippen LogP contribution in [0.3, 0.4) is 0 Å². The number of nitrogens with one attached hydrogen (secondary N) is 2. The van der Waals surface area contributed by atoms with Gasteiger partial charge < -0.3 is 15.2 Å². The maximum atomic E-state index is 12.8. The van der Waals surface area contributed by atoms with Crippen molar-refractivity contribution < 1.29 is 23.8 Å². The van der Waals surface area contributed by atoms with Crippen molar-refractivity contribution in [2.75, 3.05) is 11.9 Å². The monoisotopic (exact) mass is 359 g/mol. The van der Waals surface area contributed by atoms with E-state index >= 15 is 0 Å². The van der Waals surface area contributed by atoms with Crippen LogP contribution in [0.1, 0.15) is 12.5 Å². The van der Waals surface area contributed by atoms with E-state index in [1.165, 1.54) is 37.4 Å². The van der Waals surface area contributed by atoms with Crippen LogP contribution < -0.4 is 15.5 Å². The number of aliphatic hydroxyl groups excluding tert-OH is 1. The molecule has 8 heteroatoms. The molecule has 0 aliphatic carbocycles. The molecule has 0 saturated heterocycles. The molecule has 0 saturated carbocycles. The summed E-state index contributed by atoms with van der Waals surface area (Å²) in [4.78, 5) is 22.9. The van der Waals surface area contributed by atoms with E-state index in [0.717, 1.165) is 0 Å². The van der Waals surface area contributed by atoms with Crippen molar-refractivity contribution in [2.24, 2.45) is 5.10 Å². The normalized spacial score (nSPS) is 11.8. The van der Waals surface area contributed by atoms with Gasteiger partial charge in [0.1, 0.15) is 17.7 Å². The Morgan fingerprint density at radius 1 is 1.19 bits per heavy atom. The van der Waals surface area contributed by atoms with E-state index in [0.29, 0.717) is 17.0 Å². The molecule has 2 aromatic rings. The van der Waals surface area contributed by atoms with Gasteiger partial charge in [-0.05, 0) is 61.0 Å². The molecule has 0 fully saturated rings. The molecule has 7 nitrogen and oxygen atoms in total. The van der Waals surface area contributed by atoms with Crippen molar-refractivity contribution in [1.29, 1.82) is 0 Å². The maximum absolute atomic E-state index is 12.8. The van der Waals surface area contributed by atoms with Crippen molar-refractivity contribution in [2.45, 2.75) is 13.0 Å². The first kappa shape index (κ1) is 19.1. The lowest BCUT2D eigenvalue weighted by molar-refractivity contribution is -0.128. The summed E-state index contributed by atoms with van der Waals surface area (Å²) in [6, 6.07) is 12.1. The number of hydrazone groups is 1. The molecule has 1 atom stereocenters. The number of aliphatic hydroxyl groups is 1. The number of amides is 2. The number of anilines is 1. The van der Waals surface area contributed by atoms with E-state index in [-0.39, 0.29) is 18.3 Å². The molecule has 26 heavy (non-hydrogen) atoms. The average Bonchev–Trinajstić information content (AvgIpc) is 2.63. The van der Waals surface area contributed by atoms with Crippen LogP contribution in [-0.4, -0.2) is 35.8 Å². The Morgan fingerprint density at radius 2 is 1.85 bits per heavy atom. The van der Waals surface area contributed by atoms with Crippen LogP contribution in [0.5, 0.6) is 5.75 Å². The van der Waals surface area contributed by atoms with E-state index in [2.05, 4.69) is 15.8 Å². The minimum atomic E-state index is -1.14. The molecule has 0 radical (unpaired) electrons. The number of nitrogens with zero attached hydrogens (tertiary/aromatic N) is 1. The molecule has 0 unspecified atom stereocenters. The number of hydrogen-bond donors (Lipinski definition) is 3. The van der Waals surface area contributed by atoms with E-state index in [1.54, 1.807) is 24.3 Å². The number of carbonyl (C=O) groups is 2. The summed E-state index contributed by atoms with van der Waals surface area (Å²) in [6.45, 7) is 1.14. The first-order valence-electron chi connectivity index (χ1n) is 7.73. The topological polar surface area (TPSA) is 100 Å². The van der Waals surface area contributed by atoms with E-state index in [1.807, 2.05) is 0 Å². The fourth-order valence-electron chi connectivity index (χ4n) is 1.79. The zero-order valence-corrected chi connectivity index (χ0v) is 14.0. The zero-order chi connectivity index (χ0) is 18.9. The molecular formula is C18H18FN3O4. The highest BCUT2D eigenvalue weighted by molar-refractivity contribution is 5.91. The van der Waals surface area contributed by atoms with Gasteiger partial charge in [-0.2, -0.15) is 5.10 Å². The smallest absolute Gasteiger partial charge is 0.268 e. The standard InChI is InChI=1S/C18H18FN3O4/c1-12(23)18(25)22-20-10-13-2-8-16(9-3-13)26-11-17(24)21-15-6-4-14(19)5-7-15/h2-10,12,23H,11H2,1H3,(H,21,24)(H,22,25)/b20-10-/t12-/m1/s1. The van der Waals surface area contributed by atoms with Gasteiger partial charge in [-0.15, -0.1) is 0 Å². The quantitative estimate of drug-likeness (QED) is 0.517. The predicted molar refractivity (Wildman–Crippen MR) is 94.4 cm³/mol. The van der Waals surface area contributed by atoms with Crippen LogP contribution in [-0.2, 0) is 9.59 Å². The van der Waals surface area contributed by atoms with Gasteiger partial charge in [-0.1, -0.05) is 0 Å². The first-order valence-corrected chi connectivity index (χ1v) is 7.73. The van der Waals surface area contributed by atoms with Gasteiger partial charge in [0.2, 0.25) is 0 Å². The Morgan fingerprint density at radius 3 is 2.46 bits per heavy atom. The summed E-state index contributed by atoms with van der Waals surface area (Å²) in [5.74, 6) is -0.880. The van der Waals surface area contributed by atoms with Gasteiger partial charge >= 0.3 is 0 Å². The number of carbonyl (C=O) groups excluding carboxylic acids is 2. The summed E-state index contributed by atoms with van der Waals surface area (Å²) >= 11 is 0. The minimum Gasteiger partial charge on any atom is -0.484 e. The lowest BCUT2D eigenvalue weighted by atomic mass is 10.2. The van der Waals surface area contributed by atoms with Crippen LogP contribution >= 0.6 is 0 Å². The van der Waals surface area contributed by atoms with Crippen molar-refractivity contribution in [3.63, 3.8) is 0 Å². The zero-order valence-electron chi connectivity index (χ0n) is 14.0. The Bertz CT molecular complexity index is 774. The van der Waals surface area contributed by atoms with Crippen LogP contribution in [0, 0.1) is 5.82 Å². The Labute approximate surface area is 149 Å². The summed E-state index contributed by atoms with van der Waals surface area (Å²) in [6.07, 6.45) is 0.273. The van der Waals surface area contributed by atoms with Gasteiger partial charge in [0, 0.05) is 5.69 Å². The number of ether oxygens (including phenoxy) is 1. The molecule has 0 spiro atoms. The molecule has 136 valence electrons. The number of benzene rings is 2. The molecule has 3 N–H and O–H groups in total. The molecule has 0 heterocycles. The third kappa shape index (κ3) is 6.33. The molecule has 0 aliphatic rings. The second-order valence-electron chi connectivity index (χ2n) is 5.32. The van der Waals surface area contributed by atoms with Crippen molar-refractivity contribution in [1.82, 2.24) is 5.43 Å². The largest absolute Gasteiger partial charge is 0.484 e. The van der Waals surface area contributed by atoms with Crippen molar-refractivity contribution in [3.8, 4) is 5.75 Å². The SMILES string of the molecule is C[C@@H](O)C(=O)N/N=C\c1ccc(OCC(=O)Nc2ccc(F)cc2)cc1. The second kappa shape index (κ2) is 9.28. The highest BCUT2D eigenvalue weighted by Crippen LogP contribution is 2.12.